The second-order valence-corrected chi connectivity index (χ2v) is 6.90. The third-order valence-electron chi connectivity index (χ3n) is 4.90. The summed E-state index contributed by atoms with van der Waals surface area (Å²) in [6.07, 6.45) is -2.68. The van der Waals surface area contributed by atoms with Crippen molar-refractivity contribution in [2.75, 3.05) is 5.32 Å². The van der Waals surface area contributed by atoms with E-state index in [0.717, 1.165) is 28.6 Å². The first-order valence-corrected chi connectivity index (χ1v) is 9.46. The van der Waals surface area contributed by atoms with E-state index in [9.17, 15) is 13.2 Å². The van der Waals surface area contributed by atoms with Crippen LogP contribution in [-0.4, -0.2) is 24.8 Å². The highest BCUT2D eigenvalue weighted by Gasteiger charge is 2.30. The molecular formula is C22H15F3N6. The predicted octanol–water partition coefficient (Wildman–Crippen LogP) is 4.97. The van der Waals surface area contributed by atoms with Crippen LogP contribution in [0.1, 0.15) is 11.3 Å². The maximum Gasteiger partial charge on any atom is 0.416 e. The Morgan fingerprint density at radius 3 is 2.29 bits per heavy atom. The topological polar surface area (TPSA) is 68.0 Å². The van der Waals surface area contributed by atoms with Crippen LogP contribution >= 0.6 is 0 Å². The number of hydrogen-bond acceptors (Lipinski definition) is 5. The van der Waals surface area contributed by atoms with Crippen LogP contribution in [0, 0.1) is 0 Å². The van der Waals surface area contributed by atoms with E-state index >= 15 is 0 Å². The molecule has 2 aromatic carbocycles. The lowest BCUT2D eigenvalue weighted by atomic mass is 10.1. The summed E-state index contributed by atoms with van der Waals surface area (Å²) in [7, 11) is 0. The molecule has 9 heteroatoms. The van der Waals surface area contributed by atoms with Crippen LogP contribution in [0.4, 0.5) is 19.0 Å². The standard InChI is InChI=1S/C22H15F3N6/c23-22(24,25)15-10-8-14(9-11-15)20-28-29-21-18-7-2-1-6-17(18)19(30-31(20)21)27-13-16-5-3-4-12-26-16/h1-12H,13H2,(H,27,30). The van der Waals surface area contributed by atoms with Gasteiger partial charge in [-0.1, -0.05) is 42.5 Å². The molecule has 0 spiro atoms. The molecule has 0 aliphatic rings. The molecule has 5 rings (SSSR count). The van der Waals surface area contributed by atoms with Crippen LogP contribution in [0.5, 0.6) is 0 Å². The Morgan fingerprint density at radius 2 is 1.58 bits per heavy atom. The van der Waals surface area contributed by atoms with E-state index in [0.29, 0.717) is 29.4 Å². The van der Waals surface area contributed by atoms with Gasteiger partial charge >= 0.3 is 6.18 Å². The first kappa shape index (κ1) is 19.0. The van der Waals surface area contributed by atoms with Crippen LogP contribution in [0.25, 0.3) is 27.8 Å². The summed E-state index contributed by atoms with van der Waals surface area (Å²) in [6, 6.07) is 18.1. The molecule has 0 aliphatic carbocycles. The van der Waals surface area contributed by atoms with Gasteiger partial charge < -0.3 is 5.32 Å². The van der Waals surface area contributed by atoms with Crippen molar-refractivity contribution in [3.63, 3.8) is 0 Å². The Labute approximate surface area is 174 Å². The van der Waals surface area contributed by atoms with Gasteiger partial charge in [-0.05, 0) is 24.3 Å². The summed E-state index contributed by atoms with van der Waals surface area (Å²) in [5.74, 6) is 0.956. The van der Waals surface area contributed by atoms with Gasteiger partial charge in [0, 0.05) is 22.5 Å². The largest absolute Gasteiger partial charge is 0.416 e. The summed E-state index contributed by atoms with van der Waals surface area (Å²) in [5.41, 5.74) is 1.13. The fourth-order valence-electron chi connectivity index (χ4n) is 3.38. The lowest BCUT2D eigenvalue weighted by molar-refractivity contribution is -0.137. The number of halogens is 3. The van der Waals surface area contributed by atoms with Gasteiger partial charge in [0.05, 0.1) is 17.8 Å². The maximum atomic E-state index is 12.9. The average Bonchev–Trinajstić information content (AvgIpc) is 3.22. The summed E-state index contributed by atoms with van der Waals surface area (Å²) in [4.78, 5) is 4.31. The molecule has 0 aliphatic heterocycles. The number of anilines is 1. The SMILES string of the molecule is FC(F)(F)c1ccc(-c2nnc3c4ccccc4c(NCc4ccccn4)nn23)cc1. The highest BCUT2D eigenvalue weighted by molar-refractivity contribution is 6.00. The zero-order valence-corrected chi connectivity index (χ0v) is 16.0. The molecule has 6 nitrogen and oxygen atoms in total. The molecule has 0 saturated heterocycles. The minimum atomic E-state index is -4.40. The van der Waals surface area contributed by atoms with Gasteiger partial charge in [0.2, 0.25) is 0 Å². The zero-order valence-electron chi connectivity index (χ0n) is 16.0. The fourth-order valence-corrected chi connectivity index (χ4v) is 3.38. The van der Waals surface area contributed by atoms with E-state index < -0.39 is 11.7 Å². The average molecular weight is 420 g/mol. The van der Waals surface area contributed by atoms with Gasteiger partial charge in [0.25, 0.3) is 0 Å². The van der Waals surface area contributed by atoms with E-state index in [1.807, 2.05) is 42.5 Å². The summed E-state index contributed by atoms with van der Waals surface area (Å²) >= 11 is 0. The highest BCUT2D eigenvalue weighted by atomic mass is 19.4. The quantitative estimate of drug-likeness (QED) is 0.445. The predicted molar refractivity (Wildman–Crippen MR) is 110 cm³/mol. The van der Waals surface area contributed by atoms with Crippen molar-refractivity contribution in [2.24, 2.45) is 0 Å². The first-order valence-electron chi connectivity index (χ1n) is 9.46. The Morgan fingerprint density at radius 1 is 0.839 bits per heavy atom. The number of benzene rings is 2. The number of nitrogens with zero attached hydrogens (tertiary/aromatic N) is 5. The van der Waals surface area contributed by atoms with E-state index in [-0.39, 0.29) is 0 Å². The molecule has 5 aromatic rings. The number of aromatic nitrogens is 5. The zero-order chi connectivity index (χ0) is 21.4. The molecule has 0 bridgehead atoms. The van der Waals surface area contributed by atoms with Crippen LogP contribution in [-0.2, 0) is 12.7 Å². The highest BCUT2D eigenvalue weighted by Crippen LogP contribution is 2.32. The van der Waals surface area contributed by atoms with Crippen molar-refractivity contribution in [3.05, 3.63) is 84.2 Å². The smallest absolute Gasteiger partial charge is 0.362 e. The Hall–Kier alpha value is -4.01. The van der Waals surface area contributed by atoms with Crippen LogP contribution in [0.3, 0.4) is 0 Å². The summed E-state index contributed by atoms with van der Waals surface area (Å²) < 4.78 is 40.3. The van der Waals surface area contributed by atoms with Crippen molar-refractivity contribution >= 4 is 22.2 Å². The Bertz CT molecular complexity index is 1360. The molecule has 154 valence electrons. The molecule has 0 atom stereocenters. The number of pyridine rings is 1. The third-order valence-corrected chi connectivity index (χ3v) is 4.90. The molecule has 3 heterocycles. The van der Waals surface area contributed by atoms with Gasteiger partial charge in [-0.15, -0.1) is 15.3 Å². The summed E-state index contributed by atoms with van der Waals surface area (Å²) in [5, 5.41) is 18.1. The van der Waals surface area contributed by atoms with E-state index in [1.165, 1.54) is 12.1 Å². The van der Waals surface area contributed by atoms with E-state index in [2.05, 4.69) is 25.6 Å². The van der Waals surface area contributed by atoms with Gasteiger partial charge in [-0.2, -0.15) is 17.7 Å². The molecule has 31 heavy (non-hydrogen) atoms. The maximum absolute atomic E-state index is 12.9. The lowest BCUT2D eigenvalue weighted by Crippen LogP contribution is -2.07. The van der Waals surface area contributed by atoms with Gasteiger partial charge in [-0.25, -0.2) is 0 Å². The molecule has 0 unspecified atom stereocenters. The number of hydrogen-bond donors (Lipinski definition) is 1. The normalized spacial score (nSPS) is 11.8. The van der Waals surface area contributed by atoms with Crippen LogP contribution in [0.2, 0.25) is 0 Å². The number of fused-ring (bicyclic) bond motifs is 3. The summed E-state index contributed by atoms with van der Waals surface area (Å²) in [6.45, 7) is 0.459. The van der Waals surface area contributed by atoms with Gasteiger partial charge in [-0.3, -0.25) is 4.98 Å². The Balaban J connectivity index is 1.61. The molecule has 0 fully saturated rings. The van der Waals surface area contributed by atoms with Crippen LogP contribution in [0.15, 0.2) is 72.9 Å². The fraction of sp³-hybridized carbons (Fsp3) is 0.0909. The monoisotopic (exact) mass is 420 g/mol. The Kier molecular flexibility index (Phi) is 4.50. The molecule has 1 N–H and O–H groups in total. The minimum Gasteiger partial charge on any atom is -0.362 e. The second-order valence-electron chi connectivity index (χ2n) is 6.90. The number of nitrogens with one attached hydrogen (secondary N) is 1. The first-order chi connectivity index (χ1) is 15.0. The van der Waals surface area contributed by atoms with Gasteiger partial charge in [0.15, 0.2) is 17.3 Å². The lowest BCUT2D eigenvalue weighted by Gasteiger charge is -2.11. The molecule has 0 radical (unpaired) electrons. The molecular weight excluding hydrogens is 405 g/mol. The van der Waals surface area contributed by atoms with Crippen molar-refractivity contribution < 1.29 is 13.2 Å². The number of rotatable bonds is 4. The van der Waals surface area contributed by atoms with Crippen LogP contribution < -0.4 is 5.32 Å². The number of alkyl halides is 3. The molecule has 3 aromatic heterocycles. The van der Waals surface area contributed by atoms with Gasteiger partial charge in [0.1, 0.15) is 0 Å². The third kappa shape index (κ3) is 3.54. The molecule has 0 amide bonds. The second kappa shape index (κ2) is 7.35. The molecule has 0 saturated carbocycles. The van der Waals surface area contributed by atoms with Crippen molar-refractivity contribution in [1.29, 1.82) is 0 Å². The van der Waals surface area contributed by atoms with E-state index in [1.54, 1.807) is 10.7 Å². The minimum absolute atomic E-state index is 0.357. The van der Waals surface area contributed by atoms with Crippen molar-refractivity contribution in [1.82, 2.24) is 24.8 Å². The van der Waals surface area contributed by atoms with Crippen molar-refractivity contribution in [2.45, 2.75) is 12.7 Å². The van der Waals surface area contributed by atoms with Crippen molar-refractivity contribution in [3.8, 4) is 11.4 Å². The van der Waals surface area contributed by atoms with E-state index in [4.69, 9.17) is 0 Å².